The fourth-order valence-electron chi connectivity index (χ4n) is 2.93. The Labute approximate surface area is 175 Å². The average Bonchev–Trinajstić information content (AvgIpc) is 3.04. The van der Waals surface area contributed by atoms with Crippen LogP contribution in [0.2, 0.25) is 0 Å². The van der Waals surface area contributed by atoms with E-state index >= 15 is 0 Å². The van der Waals surface area contributed by atoms with Crippen molar-refractivity contribution in [2.75, 3.05) is 11.9 Å². The normalized spacial score (nSPS) is 10.9. The van der Waals surface area contributed by atoms with Crippen LogP contribution in [0.5, 0.6) is 5.75 Å². The zero-order chi connectivity index (χ0) is 19.2. The Morgan fingerprint density at radius 2 is 1.96 bits per heavy atom. The third kappa shape index (κ3) is 4.93. The first-order valence-corrected chi connectivity index (χ1v) is 10.6. The van der Waals surface area contributed by atoms with Gasteiger partial charge in [0.1, 0.15) is 17.9 Å². The number of alkyl halides is 1. The van der Waals surface area contributed by atoms with Gasteiger partial charge in [0.25, 0.3) is 0 Å². The van der Waals surface area contributed by atoms with Gasteiger partial charge in [-0.15, -0.1) is 0 Å². The van der Waals surface area contributed by atoms with E-state index < -0.39 is 0 Å². The number of benzene rings is 2. The number of carbonyl (C=O) groups excluding carboxylic acids is 1. The predicted octanol–water partition coefficient (Wildman–Crippen LogP) is 5.82. The third-order valence-electron chi connectivity index (χ3n) is 4.16. The molecule has 0 fully saturated rings. The Bertz CT molecular complexity index is 933. The van der Waals surface area contributed by atoms with Crippen LogP contribution in [0.25, 0.3) is 11.0 Å². The van der Waals surface area contributed by atoms with Crippen molar-refractivity contribution >= 4 is 48.8 Å². The predicted molar refractivity (Wildman–Crippen MR) is 113 cm³/mol. The lowest BCUT2D eigenvalue weighted by molar-refractivity contribution is -0.142. The number of fused-ring (bicyclic) bond motifs is 1. The topological polar surface area (TPSA) is 48.7 Å². The van der Waals surface area contributed by atoms with E-state index in [2.05, 4.69) is 37.9 Å². The molecule has 4 nitrogen and oxygen atoms in total. The summed E-state index contributed by atoms with van der Waals surface area (Å²) in [6, 6.07) is 11.6. The fraction of sp³-hybridized carbons (Fsp3) is 0.286. The maximum absolute atomic E-state index is 11.8. The first-order chi connectivity index (χ1) is 13.1. The van der Waals surface area contributed by atoms with Gasteiger partial charge in [0.2, 0.25) is 0 Å². The van der Waals surface area contributed by atoms with Crippen LogP contribution in [-0.2, 0) is 29.0 Å². The highest BCUT2D eigenvalue weighted by Crippen LogP contribution is 2.30. The van der Waals surface area contributed by atoms with Gasteiger partial charge >= 0.3 is 5.97 Å². The summed E-state index contributed by atoms with van der Waals surface area (Å²) in [7, 11) is 0. The summed E-state index contributed by atoms with van der Waals surface area (Å²) in [5.74, 6) is 0.418. The molecule has 0 aliphatic carbocycles. The Morgan fingerprint density at radius 1 is 1.15 bits per heavy atom. The number of esters is 1. The lowest BCUT2D eigenvalue weighted by Crippen LogP contribution is -2.09. The van der Waals surface area contributed by atoms with Crippen LogP contribution in [0.3, 0.4) is 0 Å². The molecular formula is C21H20Br2O4. The lowest BCUT2D eigenvalue weighted by Gasteiger charge is -2.11. The summed E-state index contributed by atoms with van der Waals surface area (Å²) in [6.45, 7) is 2.53. The van der Waals surface area contributed by atoms with Gasteiger partial charge < -0.3 is 13.9 Å². The minimum absolute atomic E-state index is 0.192. The molecule has 0 saturated carbocycles. The number of halogens is 2. The summed E-state index contributed by atoms with van der Waals surface area (Å²) in [6.07, 6.45) is 2.81. The largest absolute Gasteiger partial charge is 0.488 e. The zero-order valence-corrected chi connectivity index (χ0v) is 18.1. The number of ether oxygens (including phenoxy) is 2. The molecule has 0 bridgehead atoms. The van der Waals surface area contributed by atoms with Gasteiger partial charge in [-0.05, 0) is 37.1 Å². The highest BCUT2D eigenvalue weighted by molar-refractivity contribution is 9.10. The molecule has 0 N–H and O–H groups in total. The molecular weight excluding hydrogens is 476 g/mol. The van der Waals surface area contributed by atoms with Crippen molar-refractivity contribution in [1.82, 2.24) is 0 Å². The number of hydrogen-bond acceptors (Lipinski definition) is 4. The second-order valence-electron chi connectivity index (χ2n) is 6.02. The first-order valence-electron chi connectivity index (χ1n) is 8.73. The highest BCUT2D eigenvalue weighted by Gasteiger charge is 2.14. The summed E-state index contributed by atoms with van der Waals surface area (Å²) < 4.78 is 17.9. The van der Waals surface area contributed by atoms with Crippen LogP contribution in [0.4, 0.5) is 0 Å². The van der Waals surface area contributed by atoms with Crippen molar-refractivity contribution in [3.05, 3.63) is 63.8 Å². The Morgan fingerprint density at radius 3 is 2.74 bits per heavy atom. The molecule has 0 aliphatic heterocycles. The Hall–Kier alpha value is -1.79. The summed E-state index contributed by atoms with van der Waals surface area (Å²) >= 11 is 7.06. The number of aryl methyl sites for hydroxylation is 1. The molecule has 0 atom stereocenters. The molecule has 3 rings (SSSR count). The third-order valence-corrected chi connectivity index (χ3v) is 5.01. The molecule has 2 aromatic carbocycles. The van der Waals surface area contributed by atoms with Crippen molar-refractivity contribution in [2.45, 2.75) is 26.4 Å². The van der Waals surface area contributed by atoms with Crippen LogP contribution in [0.15, 0.2) is 51.6 Å². The molecule has 1 aromatic heterocycles. The van der Waals surface area contributed by atoms with Crippen molar-refractivity contribution in [3.8, 4) is 5.75 Å². The van der Waals surface area contributed by atoms with Gasteiger partial charge in [-0.25, -0.2) is 0 Å². The van der Waals surface area contributed by atoms with Crippen LogP contribution in [0.1, 0.15) is 23.6 Å². The molecule has 0 unspecified atom stereocenters. The molecule has 6 heteroatoms. The molecule has 1 heterocycles. The first kappa shape index (κ1) is 20.0. The second kappa shape index (κ2) is 9.42. The van der Waals surface area contributed by atoms with Crippen molar-refractivity contribution < 1.29 is 18.7 Å². The monoisotopic (exact) mass is 494 g/mol. The summed E-state index contributed by atoms with van der Waals surface area (Å²) in [4.78, 5) is 11.8. The van der Waals surface area contributed by atoms with E-state index in [1.165, 1.54) is 0 Å². The number of carbonyl (C=O) groups is 1. The van der Waals surface area contributed by atoms with Crippen molar-refractivity contribution in [1.29, 1.82) is 0 Å². The lowest BCUT2D eigenvalue weighted by atomic mass is 10.1. The number of para-hydroxylation sites is 1. The van der Waals surface area contributed by atoms with Crippen molar-refractivity contribution in [2.24, 2.45) is 0 Å². The van der Waals surface area contributed by atoms with E-state index in [9.17, 15) is 4.79 Å². The number of hydrogen-bond donors (Lipinski definition) is 0. The van der Waals surface area contributed by atoms with Gasteiger partial charge in [0.15, 0.2) is 0 Å². The van der Waals surface area contributed by atoms with Crippen LogP contribution in [0, 0.1) is 0 Å². The molecule has 27 heavy (non-hydrogen) atoms. The number of furan rings is 1. The Kier molecular flexibility index (Phi) is 6.96. The average molecular weight is 496 g/mol. The molecule has 142 valence electrons. The van der Waals surface area contributed by atoms with Crippen LogP contribution in [-0.4, -0.2) is 17.9 Å². The summed E-state index contributed by atoms with van der Waals surface area (Å²) in [5.41, 5.74) is 3.80. The molecule has 0 saturated heterocycles. The Balaban J connectivity index is 1.81. The van der Waals surface area contributed by atoms with Gasteiger partial charge in [-0.1, -0.05) is 50.1 Å². The van der Waals surface area contributed by atoms with Crippen LogP contribution < -0.4 is 4.74 Å². The van der Waals surface area contributed by atoms with Gasteiger partial charge in [0.05, 0.1) is 19.3 Å². The fourth-order valence-corrected chi connectivity index (χ4v) is 3.87. The SMILES string of the molecule is CCOC(=O)Cc1ccccc1OCc1coc2c(CCBr)cc(Br)cc12. The van der Waals surface area contributed by atoms with E-state index in [4.69, 9.17) is 13.9 Å². The molecule has 3 aromatic rings. The molecule has 0 amide bonds. The van der Waals surface area contributed by atoms with Gasteiger partial charge in [0, 0.05) is 26.3 Å². The van der Waals surface area contributed by atoms with E-state index in [1.54, 1.807) is 13.2 Å². The minimum atomic E-state index is -0.259. The van der Waals surface area contributed by atoms with E-state index in [0.29, 0.717) is 19.0 Å². The smallest absolute Gasteiger partial charge is 0.310 e. The van der Waals surface area contributed by atoms with Crippen LogP contribution >= 0.6 is 31.9 Å². The maximum atomic E-state index is 11.8. The molecule has 0 spiro atoms. The van der Waals surface area contributed by atoms with Crippen molar-refractivity contribution in [3.63, 3.8) is 0 Å². The maximum Gasteiger partial charge on any atom is 0.310 e. The standard InChI is InChI=1S/C21H20Br2O4/c1-2-25-20(24)10-14-5-3-4-6-19(14)26-12-16-13-27-21-15(7-8-22)9-17(23)11-18(16)21/h3-6,9,11,13H,2,7-8,10,12H2,1H3. The van der Waals surface area contributed by atoms with Gasteiger partial charge in [-0.3, -0.25) is 4.79 Å². The highest BCUT2D eigenvalue weighted by atomic mass is 79.9. The number of rotatable bonds is 8. The van der Waals surface area contributed by atoms with E-state index in [1.807, 2.05) is 30.3 Å². The van der Waals surface area contributed by atoms with Gasteiger partial charge in [-0.2, -0.15) is 0 Å². The molecule has 0 aliphatic rings. The zero-order valence-electron chi connectivity index (χ0n) is 15.0. The van der Waals surface area contributed by atoms with E-state index in [-0.39, 0.29) is 12.4 Å². The summed E-state index contributed by atoms with van der Waals surface area (Å²) in [5, 5.41) is 1.90. The second-order valence-corrected chi connectivity index (χ2v) is 7.73. The molecule has 0 radical (unpaired) electrons. The minimum Gasteiger partial charge on any atom is -0.488 e. The quantitative estimate of drug-likeness (QED) is 0.292. The van der Waals surface area contributed by atoms with E-state index in [0.717, 1.165) is 43.9 Å².